The summed E-state index contributed by atoms with van der Waals surface area (Å²) in [5, 5.41) is 8.97. The number of halogens is 3. The highest BCUT2D eigenvalue weighted by molar-refractivity contribution is 9.08. The number of rotatable bonds is 2. The highest BCUT2D eigenvalue weighted by atomic mass is 79.9. The molecule has 0 saturated heterocycles. The predicted octanol–water partition coefficient (Wildman–Crippen LogP) is 3.09. The lowest BCUT2D eigenvalue weighted by Crippen LogP contribution is -2.02. The van der Waals surface area contributed by atoms with E-state index >= 15 is 0 Å². The number of alkyl halides is 3. The van der Waals surface area contributed by atoms with Gasteiger partial charge in [0.2, 0.25) is 0 Å². The van der Waals surface area contributed by atoms with E-state index in [0.29, 0.717) is 5.56 Å². The molecule has 0 fully saturated rings. The van der Waals surface area contributed by atoms with Gasteiger partial charge in [0.05, 0.1) is 16.8 Å². The van der Waals surface area contributed by atoms with Crippen molar-refractivity contribution in [2.75, 3.05) is 0 Å². The SMILES string of the molecule is Cc1cnc(CBr)c(C(F)F)c1C#N. The third-order valence-electron chi connectivity index (χ3n) is 1.85. The van der Waals surface area contributed by atoms with Crippen LogP contribution in [0.3, 0.4) is 0 Å². The van der Waals surface area contributed by atoms with Crippen LogP contribution in [0.15, 0.2) is 6.20 Å². The van der Waals surface area contributed by atoms with Crippen molar-refractivity contribution in [2.45, 2.75) is 18.7 Å². The summed E-state index contributed by atoms with van der Waals surface area (Å²) in [7, 11) is 0. The van der Waals surface area contributed by atoms with Gasteiger partial charge in [0.1, 0.15) is 6.07 Å². The Morgan fingerprint density at radius 1 is 1.64 bits per heavy atom. The largest absolute Gasteiger partial charge is 0.266 e. The Bertz CT molecular complexity index is 385. The van der Waals surface area contributed by atoms with Gasteiger partial charge in [-0.25, -0.2) is 8.78 Å². The number of hydrogen-bond donors (Lipinski definition) is 0. The zero-order chi connectivity index (χ0) is 10.7. The summed E-state index contributed by atoms with van der Waals surface area (Å²) in [5.74, 6) is 0. The summed E-state index contributed by atoms with van der Waals surface area (Å²) in [6.45, 7) is 1.59. The lowest BCUT2D eigenvalue weighted by molar-refractivity contribution is 0.149. The zero-order valence-electron chi connectivity index (χ0n) is 7.39. The number of aromatic nitrogens is 1. The molecule has 0 bridgehead atoms. The number of hydrogen-bond acceptors (Lipinski definition) is 2. The first-order chi connectivity index (χ1) is 6.61. The molecule has 0 aromatic carbocycles. The van der Waals surface area contributed by atoms with E-state index in [4.69, 9.17) is 5.26 Å². The summed E-state index contributed by atoms with van der Waals surface area (Å²) in [5.41, 5.74) is 0.475. The van der Waals surface area contributed by atoms with Crippen molar-refractivity contribution in [2.24, 2.45) is 0 Å². The topological polar surface area (TPSA) is 36.7 Å². The minimum Gasteiger partial charge on any atom is -0.260 e. The van der Waals surface area contributed by atoms with Gasteiger partial charge in [-0.2, -0.15) is 5.26 Å². The maximum atomic E-state index is 12.6. The lowest BCUT2D eigenvalue weighted by atomic mass is 10.0. The summed E-state index contributed by atoms with van der Waals surface area (Å²) < 4.78 is 25.3. The van der Waals surface area contributed by atoms with Crippen molar-refractivity contribution >= 4 is 15.9 Å². The molecule has 1 heterocycles. The van der Waals surface area contributed by atoms with E-state index in [0.717, 1.165) is 0 Å². The fourth-order valence-corrected chi connectivity index (χ4v) is 1.60. The molecule has 2 nitrogen and oxygen atoms in total. The summed E-state index contributed by atoms with van der Waals surface area (Å²) >= 11 is 3.06. The molecule has 5 heteroatoms. The molecule has 0 atom stereocenters. The first-order valence-electron chi connectivity index (χ1n) is 3.84. The van der Waals surface area contributed by atoms with E-state index < -0.39 is 6.43 Å². The standard InChI is InChI=1S/C9H7BrF2N2/c1-5-4-14-7(2-10)8(9(11)12)6(5)3-13/h4,9H,2H2,1H3. The van der Waals surface area contributed by atoms with Crippen molar-refractivity contribution in [3.8, 4) is 6.07 Å². The van der Waals surface area contributed by atoms with Crippen LogP contribution in [-0.4, -0.2) is 4.98 Å². The number of pyridine rings is 1. The van der Waals surface area contributed by atoms with Gasteiger partial charge < -0.3 is 0 Å². The smallest absolute Gasteiger partial charge is 0.260 e. The highest BCUT2D eigenvalue weighted by Crippen LogP contribution is 2.28. The Morgan fingerprint density at radius 2 is 2.29 bits per heavy atom. The highest BCUT2D eigenvalue weighted by Gasteiger charge is 2.20. The molecule has 0 N–H and O–H groups in total. The first-order valence-corrected chi connectivity index (χ1v) is 4.96. The molecular formula is C9H7BrF2N2. The lowest BCUT2D eigenvalue weighted by Gasteiger charge is -2.09. The van der Waals surface area contributed by atoms with Crippen LogP contribution in [0, 0.1) is 18.3 Å². The molecule has 1 rings (SSSR count). The van der Waals surface area contributed by atoms with Gasteiger partial charge in [-0.05, 0) is 12.5 Å². The van der Waals surface area contributed by atoms with E-state index in [1.165, 1.54) is 6.20 Å². The van der Waals surface area contributed by atoms with Gasteiger partial charge >= 0.3 is 0 Å². The van der Waals surface area contributed by atoms with Crippen LogP contribution in [0.25, 0.3) is 0 Å². The molecule has 0 aliphatic carbocycles. The Hall–Kier alpha value is -1.02. The van der Waals surface area contributed by atoms with Crippen LogP contribution >= 0.6 is 15.9 Å². The van der Waals surface area contributed by atoms with Crippen LogP contribution in [0.4, 0.5) is 8.78 Å². The number of aryl methyl sites for hydroxylation is 1. The Morgan fingerprint density at radius 3 is 2.71 bits per heavy atom. The van der Waals surface area contributed by atoms with Gasteiger partial charge in [0.15, 0.2) is 0 Å². The van der Waals surface area contributed by atoms with Crippen LogP contribution < -0.4 is 0 Å². The normalized spacial score (nSPS) is 10.3. The second-order valence-corrected chi connectivity index (χ2v) is 3.28. The maximum Gasteiger partial charge on any atom is 0.266 e. The van der Waals surface area contributed by atoms with Gasteiger partial charge in [-0.1, -0.05) is 15.9 Å². The molecule has 0 amide bonds. The quantitative estimate of drug-likeness (QED) is 0.767. The van der Waals surface area contributed by atoms with E-state index in [-0.39, 0.29) is 22.2 Å². The number of nitriles is 1. The Labute approximate surface area is 88.7 Å². The van der Waals surface area contributed by atoms with Crippen LogP contribution in [0.2, 0.25) is 0 Å². The summed E-state index contributed by atoms with van der Waals surface area (Å²) in [6, 6.07) is 1.78. The maximum absolute atomic E-state index is 12.6. The van der Waals surface area contributed by atoms with Gasteiger partial charge in [-0.3, -0.25) is 4.98 Å². The van der Waals surface area contributed by atoms with Gasteiger partial charge in [0, 0.05) is 11.5 Å². The fraction of sp³-hybridized carbons (Fsp3) is 0.333. The molecule has 1 aromatic heterocycles. The van der Waals surface area contributed by atoms with E-state index in [1.807, 2.05) is 0 Å². The molecule has 0 aliphatic heterocycles. The molecule has 0 aliphatic rings. The fourth-order valence-electron chi connectivity index (χ4n) is 1.16. The molecule has 1 aromatic rings. The van der Waals surface area contributed by atoms with Gasteiger partial charge in [0.25, 0.3) is 6.43 Å². The van der Waals surface area contributed by atoms with Crippen molar-refractivity contribution < 1.29 is 8.78 Å². The molecule has 0 spiro atoms. The zero-order valence-corrected chi connectivity index (χ0v) is 8.98. The van der Waals surface area contributed by atoms with E-state index in [9.17, 15) is 8.78 Å². The van der Waals surface area contributed by atoms with Crippen molar-refractivity contribution in [1.82, 2.24) is 4.98 Å². The van der Waals surface area contributed by atoms with Crippen molar-refractivity contribution in [1.29, 1.82) is 5.26 Å². The molecule has 0 unspecified atom stereocenters. The molecule has 0 radical (unpaired) electrons. The van der Waals surface area contributed by atoms with Crippen molar-refractivity contribution in [3.05, 3.63) is 28.6 Å². The Kier molecular flexibility index (Phi) is 3.53. The van der Waals surface area contributed by atoms with Crippen LogP contribution in [0.5, 0.6) is 0 Å². The molecule has 14 heavy (non-hydrogen) atoms. The van der Waals surface area contributed by atoms with Crippen LogP contribution in [-0.2, 0) is 5.33 Å². The van der Waals surface area contributed by atoms with E-state index in [2.05, 4.69) is 20.9 Å². The Balaban J connectivity index is 3.46. The van der Waals surface area contributed by atoms with Crippen molar-refractivity contribution in [3.63, 3.8) is 0 Å². The van der Waals surface area contributed by atoms with Crippen LogP contribution in [0.1, 0.15) is 28.8 Å². The second kappa shape index (κ2) is 4.47. The molecule has 74 valence electrons. The third kappa shape index (κ3) is 1.90. The summed E-state index contributed by atoms with van der Waals surface area (Å²) in [6.07, 6.45) is -1.23. The number of nitrogens with zero attached hydrogens (tertiary/aromatic N) is 2. The molecule has 0 saturated carbocycles. The van der Waals surface area contributed by atoms with Gasteiger partial charge in [-0.15, -0.1) is 0 Å². The first kappa shape index (κ1) is 11.1. The second-order valence-electron chi connectivity index (χ2n) is 2.72. The monoisotopic (exact) mass is 260 g/mol. The van der Waals surface area contributed by atoms with E-state index in [1.54, 1.807) is 13.0 Å². The third-order valence-corrected chi connectivity index (χ3v) is 2.38. The predicted molar refractivity (Wildman–Crippen MR) is 51.3 cm³/mol. The average molecular weight is 261 g/mol. The average Bonchev–Trinajstić information content (AvgIpc) is 2.17. The molecular weight excluding hydrogens is 254 g/mol. The summed E-state index contributed by atoms with van der Waals surface area (Å²) in [4.78, 5) is 3.85. The minimum absolute atomic E-state index is 0.0319. The minimum atomic E-state index is -2.66.